The number of furan rings is 1. The van der Waals surface area contributed by atoms with Crippen LogP contribution in [0.4, 0.5) is 0 Å². The number of hydrogen-bond donors (Lipinski definition) is 1. The average Bonchev–Trinajstić information content (AvgIpc) is 3.17. The second-order valence-electron chi connectivity index (χ2n) is 4.68. The third-order valence-electron chi connectivity index (χ3n) is 3.39. The highest BCUT2D eigenvalue weighted by molar-refractivity contribution is 5.86. The van der Waals surface area contributed by atoms with E-state index >= 15 is 0 Å². The van der Waals surface area contributed by atoms with Gasteiger partial charge in [0, 0.05) is 5.56 Å². The lowest BCUT2D eigenvalue weighted by atomic mass is 10.1. The molecule has 2 aromatic carbocycles. The van der Waals surface area contributed by atoms with Crippen molar-refractivity contribution in [3.63, 3.8) is 0 Å². The molecule has 2 aromatic heterocycles. The second-order valence-corrected chi connectivity index (χ2v) is 4.68. The van der Waals surface area contributed by atoms with Crippen molar-refractivity contribution in [3.05, 3.63) is 67.1 Å². The lowest BCUT2D eigenvalue weighted by Gasteiger charge is -2.01. The zero-order valence-corrected chi connectivity index (χ0v) is 10.7. The number of benzene rings is 2. The summed E-state index contributed by atoms with van der Waals surface area (Å²) in [5.41, 5.74) is 2.11. The largest absolute Gasteiger partial charge is 0.461 e. The van der Waals surface area contributed by atoms with Crippen molar-refractivity contribution in [3.8, 4) is 22.8 Å². The fourth-order valence-corrected chi connectivity index (χ4v) is 2.36. The SMILES string of the molecule is c1coc(-c2ncc(-c3ccc4ccccc4c3)[nH]2)c1. The number of rotatable bonds is 2. The van der Waals surface area contributed by atoms with Gasteiger partial charge in [0.25, 0.3) is 0 Å². The van der Waals surface area contributed by atoms with E-state index in [1.54, 1.807) is 6.26 Å². The molecule has 4 aromatic rings. The van der Waals surface area contributed by atoms with Crippen LogP contribution in [0.15, 0.2) is 71.5 Å². The van der Waals surface area contributed by atoms with E-state index in [4.69, 9.17) is 4.42 Å². The molecule has 0 atom stereocenters. The van der Waals surface area contributed by atoms with E-state index in [1.807, 2.05) is 30.5 Å². The molecule has 96 valence electrons. The van der Waals surface area contributed by atoms with Crippen LogP contribution in [0.25, 0.3) is 33.6 Å². The molecule has 0 spiro atoms. The molecule has 3 heteroatoms. The summed E-state index contributed by atoms with van der Waals surface area (Å²) in [7, 11) is 0. The Bertz CT molecular complexity index is 859. The third kappa shape index (κ3) is 1.80. The molecule has 0 saturated heterocycles. The minimum absolute atomic E-state index is 0.747. The molecule has 0 radical (unpaired) electrons. The standard InChI is InChI=1S/C17H12N2O/c1-2-5-13-10-14(8-7-12(13)4-1)15-11-18-17(19-15)16-6-3-9-20-16/h1-11H,(H,18,19). The van der Waals surface area contributed by atoms with Crippen molar-refractivity contribution in [2.24, 2.45) is 0 Å². The van der Waals surface area contributed by atoms with E-state index in [2.05, 4.69) is 40.3 Å². The maximum atomic E-state index is 5.35. The van der Waals surface area contributed by atoms with Gasteiger partial charge in [0.1, 0.15) is 0 Å². The Morgan fingerprint density at radius 1 is 0.900 bits per heavy atom. The number of nitrogens with one attached hydrogen (secondary N) is 1. The molecule has 0 amide bonds. The molecule has 0 unspecified atom stereocenters. The van der Waals surface area contributed by atoms with Crippen LogP contribution in [0.5, 0.6) is 0 Å². The van der Waals surface area contributed by atoms with Crippen LogP contribution in [0.3, 0.4) is 0 Å². The second kappa shape index (κ2) is 4.38. The van der Waals surface area contributed by atoms with Crippen LogP contribution < -0.4 is 0 Å². The quantitative estimate of drug-likeness (QED) is 0.577. The molecule has 0 aliphatic heterocycles. The summed E-state index contributed by atoms with van der Waals surface area (Å²) in [6.45, 7) is 0. The van der Waals surface area contributed by atoms with Crippen LogP contribution in [0.2, 0.25) is 0 Å². The molecule has 0 aliphatic carbocycles. The van der Waals surface area contributed by atoms with Crippen molar-refractivity contribution >= 4 is 10.8 Å². The Morgan fingerprint density at radius 2 is 1.80 bits per heavy atom. The number of fused-ring (bicyclic) bond motifs is 1. The zero-order valence-electron chi connectivity index (χ0n) is 10.7. The number of aromatic amines is 1. The van der Waals surface area contributed by atoms with Crippen LogP contribution in [0, 0.1) is 0 Å². The highest BCUT2D eigenvalue weighted by Crippen LogP contribution is 2.25. The Morgan fingerprint density at radius 3 is 2.65 bits per heavy atom. The molecular weight excluding hydrogens is 248 g/mol. The minimum atomic E-state index is 0.747. The molecule has 0 fully saturated rings. The van der Waals surface area contributed by atoms with Crippen molar-refractivity contribution in [1.29, 1.82) is 0 Å². The lowest BCUT2D eigenvalue weighted by molar-refractivity contribution is 0.578. The van der Waals surface area contributed by atoms with Gasteiger partial charge in [0.05, 0.1) is 18.2 Å². The number of nitrogens with zero attached hydrogens (tertiary/aromatic N) is 1. The van der Waals surface area contributed by atoms with Gasteiger partial charge in [-0.05, 0) is 29.0 Å². The summed E-state index contributed by atoms with van der Waals surface area (Å²) in [6, 6.07) is 18.5. The monoisotopic (exact) mass is 260 g/mol. The van der Waals surface area contributed by atoms with Gasteiger partial charge in [-0.3, -0.25) is 0 Å². The number of H-pyrrole nitrogens is 1. The van der Waals surface area contributed by atoms with Crippen LogP contribution in [-0.4, -0.2) is 9.97 Å². The van der Waals surface area contributed by atoms with Gasteiger partial charge in [-0.2, -0.15) is 0 Å². The number of aromatic nitrogens is 2. The van der Waals surface area contributed by atoms with E-state index in [-0.39, 0.29) is 0 Å². The minimum Gasteiger partial charge on any atom is -0.461 e. The highest BCUT2D eigenvalue weighted by Gasteiger charge is 2.07. The van der Waals surface area contributed by atoms with Crippen LogP contribution >= 0.6 is 0 Å². The third-order valence-corrected chi connectivity index (χ3v) is 3.39. The average molecular weight is 260 g/mol. The molecule has 0 saturated carbocycles. The van der Waals surface area contributed by atoms with E-state index < -0.39 is 0 Å². The van der Waals surface area contributed by atoms with Gasteiger partial charge in [-0.1, -0.05) is 36.4 Å². The first-order chi connectivity index (χ1) is 9.90. The summed E-state index contributed by atoms with van der Waals surface area (Å²) in [4.78, 5) is 7.66. The Balaban J connectivity index is 1.79. The first-order valence-electron chi connectivity index (χ1n) is 6.48. The summed E-state index contributed by atoms with van der Waals surface area (Å²) < 4.78 is 5.35. The first-order valence-corrected chi connectivity index (χ1v) is 6.48. The molecule has 20 heavy (non-hydrogen) atoms. The predicted octanol–water partition coefficient (Wildman–Crippen LogP) is 4.49. The van der Waals surface area contributed by atoms with Crippen molar-refractivity contribution in [1.82, 2.24) is 9.97 Å². The summed E-state index contributed by atoms with van der Waals surface area (Å²) in [6.07, 6.45) is 3.48. The summed E-state index contributed by atoms with van der Waals surface area (Å²) in [5.74, 6) is 1.50. The van der Waals surface area contributed by atoms with Gasteiger partial charge in [0.2, 0.25) is 0 Å². The molecule has 1 N–H and O–H groups in total. The normalized spacial score (nSPS) is 11.0. The summed E-state index contributed by atoms with van der Waals surface area (Å²) >= 11 is 0. The fraction of sp³-hybridized carbons (Fsp3) is 0. The molecular formula is C17H12N2O. The van der Waals surface area contributed by atoms with E-state index in [1.165, 1.54) is 10.8 Å². The van der Waals surface area contributed by atoms with E-state index in [9.17, 15) is 0 Å². The fourth-order valence-electron chi connectivity index (χ4n) is 2.36. The Labute approximate surface area is 115 Å². The first kappa shape index (κ1) is 11.1. The van der Waals surface area contributed by atoms with Gasteiger partial charge in [-0.25, -0.2) is 4.98 Å². The van der Waals surface area contributed by atoms with Crippen molar-refractivity contribution in [2.45, 2.75) is 0 Å². The predicted molar refractivity (Wildman–Crippen MR) is 79.2 cm³/mol. The van der Waals surface area contributed by atoms with E-state index in [0.29, 0.717) is 0 Å². The lowest BCUT2D eigenvalue weighted by Crippen LogP contribution is -1.80. The van der Waals surface area contributed by atoms with Crippen molar-refractivity contribution < 1.29 is 4.42 Å². The Kier molecular flexibility index (Phi) is 2.42. The maximum Gasteiger partial charge on any atom is 0.173 e. The molecule has 0 bridgehead atoms. The molecule has 0 aliphatic rings. The highest BCUT2D eigenvalue weighted by atomic mass is 16.3. The van der Waals surface area contributed by atoms with Gasteiger partial charge in [-0.15, -0.1) is 0 Å². The molecule has 3 nitrogen and oxygen atoms in total. The Hall–Kier alpha value is -2.81. The molecule has 4 rings (SSSR count). The van der Waals surface area contributed by atoms with Crippen LogP contribution in [-0.2, 0) is 0 Å². The zero-order chi connectivity index (χ0) is 13.4. The molecule has 2 heterocycles. The van der Waals surface area contributed by atoms with E-state index in [0.717, 1.165) is 22.8 Å². The van der Waals surface area contributed by atoms with Gasteiger partial charge < -0.3 is 9.40 Å². The number of hydrogen-bond acceptors (Lipinski definition) is 2. The topological polar surface area (TPSA) is 41.8 Å². The number of imidazole rings is 1. The van der Waals surface area contributed by atoms with Crippen molar-refractivity contribution in [2.75, 3.05) is 0 Å². The summed E-state index contributed by atoms with van der Waals surface area (Å²) in [5, 5.41) is 2.46. The smallest absolute Gasteiger partial charge is 0.173 e. The maximum absolute atomic E-state index is 5.35. The van der Waals surface area contributed by atoms with Gasteiger partial charge >= 0.3 is 0 Å². The van der Waals surface area contributed by atoms with Crippen LogP contribution in [0.1, 0.15) is 0 Å². The van der Waals surface area contributed by atoms with Gasteiger partial charge in [0.15, 0.2) is 11.6 Å².